The molecule has 0 atom stereocenters. The van der Waals surface area contributed by atoms with Gasteiger partial charge in [0.25, 0.3) is 0 Å². The minimum Gasteiger partial charge on any atom is -0.356 e. The van der Waals surface area contributed by atoms with E-state index in [0.717, 1.165) is 23.9 Å². The molecule has 6 nitrogen and oxygen atoms in total. The second-order valence-corrected chi connectivity index (χ2v) is 4.11. The number of rotatable bonds is 6. The fraction of sp³-hybridized carbons (Fsp3) is 0.417. The molecule has 1 amide bonds. The van der Waals surface area contributed by atoms with Gasteiger partial charge in [0.15, 0.2) is 5.65 Å². The van der Waals surface area contributed by atoms with Gasteiger partial charge in [-0.1, -0.05) is 0 Å². The molecule has 0 unspecified atom stereocenters. The van der Waals surface area contributed by atoms with Crippen LogP contribution in [-0.4, -0.2) is 33.9 Å². The number of imidazole rings is 1. The summed E-state index contributed by atoms with van der Waals surface area (Å²) in [5.74, 6) is 0.0519. The van der Waals surface area contributed by atoms with Gasteiger partial charge >= 0.3 is 0 Å². The molecule has 2 aromatic heterocycles. The summed E-state index contributed by atoms with van der Waals surface area (Å²) in [6, 6.07) is 2.00. The smallest absolute Gasteiger partial charge is 0.220 e. The highest BCUT2D eigenvalue weighted by atomic mass is 16.1. The maximum atomic E-state index is 11.4. The summed E-state index contributed by atoms with van der Waals surface area (Å²) in [5.41, 5.74) is 8.05. The highest BCUT2D eigenvalue weighted by molar-refractivity contribution is 5.75. The first-order valence-corrected chi connectivity index (χ1v) is 6.04. The molecular weight excluding hydrogens is 230 g/mol. The van der Waals surface area contributed by atoms with E-state index in [1.165, 1.54) is 0 Å². The molecule has 96 valence electrons. The fourth-order valence-electron chi connectivity index (χ4n) is 1.71. The first-order chi connectivity index (χ1) is 8.79. The summed E-state index contributed by atoms with van der Waals surface area (Å²) in [6.07, 6.45) is 5.39. The van der Waals surface area contributed by atoms with E-state index in [1.807, 2.05) is 6.07 Å². The molecular formula is C12H17N5O. The Morgan fingerprint density at radius 1 is 1.44 bits per heavy atom. The number of hydrogen-bond acceptors (Lipinski definition) is 4. The first-order valence-electron chi connectivity index (χ1n) is 6.04. The topological polar surface area (TPSA) is 96.7 Å². The summed E-state index contributed by atoms with van der Waals surface area (Å²) >= 11 is 0. The fourth-order valence-corrected chi connectivity index (χ4v) is 1.71. The normalized spacial score (nSPS) is 10.7. The SMILES string of the molecule is NCCCC(=O)NCCc1cnc2nc[nH]c2c1. The molecule has 2 aromatic rings. The molecule has 0 fully saturated rings. The quantitative estimate of drug-likeness (QED) is 0.686. The van der Waals surface area contributed by atoms with Crippen molar-refractivity contribution >= 4 is 17.1 Å². The minimum absolute atomic E-state index is 0.0519. The van der Waals surface area contributed by atoms with Gasteiger partial charge in [-0.05, 0) is 31.0 Å². The Morgan fingerprint density at radius 2 is 2.33 bits per heavy atom. The van der Waals surface area contributed by atoms with Crippen LogP contribution < -0.4 is 11.1 Å². The van der Waals surface area contributed by atoms with Gasteiger partial charge in [0, 0.05) is 19.2 Å². The third-order valence-corrected chi connectivity index (χ3v) is 2.67. The number of carbonyl (C=O) groups excluding carboxylic acids is 1. The van der Waals surface area contributed by atoms with Gasteiger partial charge in [-0.2, -0.15) is 0 Å². The van der Waals surface area contributed by atoms with Crippen LogP contribution in [0.5, 0.6) is 0 Å². The predicted molar refractivity (Wildman–Crippen MR) is 68.9 cm³/mol. The van der Waals surface area contributed by atoms with Crippen LogP contribution in [0.4, 0.5) is 0 Å². The Labute approximate surface area is 105 Å². The van der Waals surface area contributed by atoms with Crippen LogP contribution in [0.1, 0.15) is 18.4 Å². The van der Waals surface area contributed by atoms with Crippen LogP contribution in [0.15, 0.2) is 18.6 Å². The number of fused-ring (bicyclic) bond motifs is 1. The summed E-state index contributed by atoms with van der Waals surface area (Å²) in [6.45, 7) is 1.17. The Kier molecular flexibility index (Phi) is 4.25. The number of nitrogens with two attached hydrogens (primary N) is 1. The molecule has 2 rings (SSSR count). The van der Waals surface area contributed by atoms with Crippen molar-refractivity contribution in [3.8, 4) is 0 Å². The van der Waals surface area contributed by atoms with Crippen LogP contribution in [-0.2, 0) is 11.2 Å². The summed E-state index contributed by atoms with van der Waals surface area (Å²) in [5, 5.41) is 2.86. The van der Waals surface area contributed by atoms with Crippen LogP contribution in [0, 0.1) is 0 Å². The number of nitrogens with zero attached hydrogens (tertiary/aromatic N) is 2. The molecule has 0 bridgehead atoms. The third kappa shape index (κ3) is 3.27. The molecule has 0 radical (unpaired) electrons. The maximum Gasteiger partial charge on any atom is 0.220 e. The molecule has 0 aliphatic rings. The van der Waals surface area contributed by atoms with Crippen molar-refractivity contribution in [3.05, 3.63) is 24.2 Å². The summed E-state index contributed by atoms with van der Waals surface area (Å²) < 4.78 is 0. The van der Waals surface area contributed by atoms with Crippen LogP contribution in [0.25, 0.3) is 11.2 Å². The molecule has 2 heterocycles. The van der Waals surface area contributed by atoms with Crippen LogP contribution >= 0.6 is 0 Å². The van der Waals surface area contributed by atoms with Crippen molar-refractivity contribution in [1.29, 1.82) is 0 Å². The minimum atomic E-state index is 0.0519. The number of aromatic nitrogens is 3. The maximum absolute atomic E-state index is 11.4. The average molecular weight is 247 g/mol. The number of nitrogens with one attached hydrogen (secondary N) is 2. The lowest BCUT2D eigenvalue weighted by Gasteiger charge is -2.04. The van der Waals surface area contributed by atoms with E-state index >= 15 is 0 Å². The third-order valence-electron chi connectivity index (χ3n) is 2.67. The van der Waals surface area contributed by atoms with E-state index in [9.17, 15) is 4.79 Å². The zero-order valence-corrected chi connectivity index (χ0v) is 10.1. The van der Waals surface area contributed by atoms with Gasteiger partial charge in [0.2, 0.25) is 5.91 Å². The van der Waals surface area contributed by atoms with Crippen molar-refractivity contribution < 1.29 is 4.79 Å². The Morgan fingerprint density at radius 3 is 3.17 bits per heavy atom. The molecule has 0 aliphatic carbocycles. The van der Waals surface area contributed by atoms with Crippen molar-refractivity contribution in [2.24, 2.45) is 5.73 Å². The number of aromatic amines is 1. The van der Waals surface area contributed by atoms with E-state index in [1.54, 1.807) is 12.5 Å². The second kappa shape index (κ2) is 6.11. The first kappa shape index (κ1) is 12.5. The highest BCUT2D eigenvalue weighted by Crippen LogP contribution is 2.08. The van der Waals surface area contributed by atoms with Gasteiger partial charge in [0.1, 0.15) is 0 Å². The monoisotopic (exact) mass is 247 g/mol. The zero-order chi connectivity index (χ0) is 12.8. The lowest BCUT2D eigenvalue weighted by molar-refractivity contribution is -0.121. The molecule has 6 heteroatoms. The number of carbonyl (C=O) groups is 1. The lowest BCUT2D eigenvalue weighted by atomic mass is 10.2. The Hall–Kier alpha value is -1.95. The number of hydrogen-bond donors (Lipinski definition) is 3. The van der Waals surface area contributed by atoms with Crippen molar-refractivity contribution in [2.45, 2.75) is 19.3 Å². The highest BCUT2D eigenvalue weighted by Gasteiger charge is 2.02. The van der Waals surface area contributed by atoms with E-state index in [0.29, 0.717) is 25.2 Å². The molecule has 4 N–H and O–H groups in total. The van der Waals surface area contributed by atoms with E-state index in [2.05, 4.69) is 20.3 Å². The standard InChI is InChI=1S/C12H17N5O/c13-4-1-2-11(18)14-5-3-9-6-10-12(15-7-9)17-8-16-10/h6-8H,1-5,13H2,(H,14,18)(H,15,16,17). The molecule has 0 spiro atoms. The number of amides is 1. The van der Waals surface area contributed by atoms with E-state index < -0.39 is 0 Å². The Balaban J connectivity index is 1.81. The largest absolute Gasteiger partial charge is 0.356 e. The van der Waals surface area contributed by atoms with Gasteiger partial charge in [0.05, 0.1) is 11.8 Å². The molecule has 0 aliphatic heterocycles. The van der Waals surface area contributed by atoms with Crippen LogP contribution in [0.3, 0.4) is 0 Å². The predicted octanol–water partition coefficient (Wildman–Crippen LogP) is 0.356. The van der Waals surface area contributed by atoms with E-state index in [-0.39, 0.29) is 5.91 Å². The molecule has 18 heavy (non-hydrogen) atoms. The molecule has 0 saturated heterocycles. The van der Waals surface area contributed by atoms with Gasteiger partial charge in [-0.25, -0.2) is 9.97 Å². The summed E-state index contributed by atoms with van der Waals surface area (Å²) in [4.78, 5) is 22.6. The van der Waals surface area contributed by atoms with Crippen molar-refractivity contribution in [1.82, 2.24) is 20.3 Å². The van der Waals surface area contributed by atoms with Gasteiger partial charge < -0.3 is 16.0 Å². The lowest BCUT2D eigenvalue weighted by Crippen LogP contribution is -2.26. The zero-order valence-electron chi connectivity index (χ0n) is 10.1. The number of pyridine rings is 1. The van der Waals surface area contributed by atoms with Crippen molar-refractivity contribution in [3.63, 3.8) is 0 Å². The van der Waals surface area contributed by atoms with Crippen molar-refractivity contribution in [2.75, 3.05) is 13.1 Å². The number of H-pyrrole nitrogens is 1. The Bertz CT molecular complexity index is 522. The summed E-state index contributed by atoms with van der Waals surface area (Å²) in [7, 11) is 0. The van der Waals surface area contributed by atoms with E-state index in [4.69, 9.17) is 5.73 Å². The van der Waals surface area contributed by atoms with Gasteiger partial charge in [-0.15, -0.1) is 0 Å². The second-order valence-electron chi connectivity index (χ2n) is 4.11. The molecule has 0 saturated carbocycles. The average Bonchev–Trinajstić information content (AvgIpc) is 2.83. The van der Waals surface area contributed by atoms with Gasteiger partial charge in [-0.3, -0.25) is 4.79 Å². The van der Waals surface area contributed by atoms with Crippen LogP contribution in [0.2, 0.25) is 0 Å². The molecule has 0 aromatic carbocycles.